The number of likely N-dealkylation sites (tertiary alicyclic amines) is 1. The Balaban J connectivity index is 1.59. The fourth-order valence-corrected chi connectivity index (χ4v) is 3.67. The number of carbonyl (C=O) groups is 1. The Kier molecular flexibility index (Phi) is 4.55. The van der Waals surface area contributed by atoms with E-state index in [-0.39, 0.29) is 11.9 Å². The van der Waals surface area contributed by atoms with Crippen molar-refractivity contribution in [2.45, 2.75) is 26.4 Å². The summed E-state index contributed by atoms with van der Waals surface area (Å²) in [7, 11) is 0. The van der Waals surface area contributed by atoms with Crippen LogP contribution in [0.3, 0.4) is 0 Å². The third-order valence-corrected chi connectivity index (χ3v) is 4.97. The molecule has 2 heterocycles. The minimum atomic E-state index is 0.00432. The smallest absolute Gasteiger partial charge is 0.254 e. The van der Waals surface area contributed by atoms with Crippen molar-refractivity contribution >= 4 is 17.4 Å². The van der Waals surface area contributed by atoms with Gasteiger partial charge in [0.1, 0.15) is 0 Å². The average Bonchev–Trinajstić information content (AvgIpc) is 3.06. The number of aryl methyl sites for hydroxylation is 1. The van der Waals surface area contributed by atoms with E-state index in [1.165, 1.54) is 17.1 Å². The average molecular weight is 315 g/mol. The highest BCUT2D eigenvalue weighted by Gasteiger charge is 2.31. The van der Waals surface area contributed by atoms with E-state index in [0.717, 1.165) is 25.3 Å². The molecule has 1 amide bonds. The third-order valence-electron chi connectivity index (χ3n) is 4.25. The number of nitrogens with one attached hydrogen (secondary N) is 1. The highest BCUT2D eigenvalue weighted by molar-refractivity contribution is 7.03. The van der Waals surface area contributed by atoms with E-state index in [4.69, 9.17) is 0 Å². The second-order valence-electron chi connectivity index (χ2n) is 6.05. The second kappa shape index (κ2) is 6.58. The first-order valence-electron chi connectivity index (χ1n) is 7.61. The molecule has 0 radical (unpaired) electrons. The maximum Gasteiger partial charge on any atom is 0.254 e. The number of amides is 1. The molecular formula is C17H21N3OS. The molecular weight excluding hydrogens is 294 g/mol. The van der Waals surface area contributed by atoms with Gasteiger partial charge in [-0.25, -0.2) is 0 Å². The van der Waals surface area contributed by atoms with Crippen molar-refractivity contribution in [1.29, 1.82) is 0 Å². The molecule has 1 fully saturated rings. The van der Waals surface area contributed by atoms with E-state index in [2.05, 4.69) is 45.8 Å². The lowest BCUT2D eigenvalue weighted by atomic mass is 10.1. The summed E-state index contributed by atoms with van der Waals surface area (Å²) in [4.78, 5) is 14.7. The van der Waals surface area contributed by atoms with Crippen LogP contribution in [0.15, 0.2) is 35.7 Å². The van der Waals surface area contributed by atoms with Crippen LogP contribution in [0.25, 0.3) is 0 Å². The molecule has 1 aliphatic heterocycles. The molecule has 4 nitrogen and oxygen atoms in total. The zero-order valence-corrected chi connectivity index (χ0v) is 13.8. The molecule has 0 bridgehead atoms. The lowest BCUT2D eigenvalue weighted by molar-refractivity contribution is 0.0931. The van der Waals surface area contributed by atoms with Gasteiger partial charge in [-0.2, -0.15) is 4.37 Å². The van der Waals surface area contributed by atoms with E-state index >= 15 is 0 Å². The van der Waals surface area contributed by atoms with Crippen LogP contribution in [0.1, 0.15) is 28.5 Å². The standard InChI is InChI=1S/C17H21N3OS/c1-12-8-20(9-14-6-4-3-5-7-14)10-16(12)18-17(21)15-11-22-19-13(15)2/h3-7,11-12,16H,8-10H2,1-2H3,(H,18,21)/t12-,16+/m0/s1. The summed E-state index contributed by atoms with van der Waals surface area (Å²) >= 11 is 1.33. The van der Waals surface area contributed by atoms with Gasteiger partial charge in [-0.1, -0.05) is 37.3 Å². The van der Waals surface area contributed by atoms with Crippen molar-refractivity contribution < 1.29 is 4.79 Å². The van der Waals surface area contributed by atoms with Gasteiger partial charge in [0, 0.05) is 31.1 Å². The summed E-state index contributed by atoms with van der Waals surface area (Å²) in [6.07, 6.45) is 0. The van der Waals surface area contributed by atoms with Crippen LogP contribution >= 0.6 is 11.5 Å². The number of benzene rings is 1. The fourth-order valence-electron chi connectivity index (χ4n) is 2.98. The minimum Gasteiger partial charge on any atom is -0.348 e. The van der Waals surface area contributed by atoms with E-state index in [0.29, 0.717) is 11.5 Å². The van der Waals surface area contributed by atoms with Crippen LogP contribution in [-0.4, -0.2) is 34.3 Å². The Hall–Kier alpha value is -1.72. The molecule has 0 aliphatic carbocycles. The van der Waals surface area contributed by atoms with Gasteiger partial charge in [0.2, 0.25) is 0 Å². The molecule has 1 aliphatic rings. The minimum absolute atomic E-state index is 0.00432. The number of hydrogen-bond donors (Lipinski definition) is 1. The van der Waals surface area contributed by atoms with Crippen LogP contribution in [0.2, 0.25) is 0 Å². The Morgan fingerprint density at radius 2 is 2.14 bits per heavy atom. The van der Waals surface area contributed by atoms with E-state index in [1.54, 1.807) is 0 Å². The number of hydrogen-bond acceptors (Lipinski definition) is 4. The Bertz CT molecular complexity index is 640. The predicted molar refractivity (Wildman–Crippen MR) is 89.0 cm³/mol. The summed E-state index contributed by atoms with van der Waals surface area (Å²) in [6, 6.07) is 10.7. The Morgan fingerprint density at radius 3 is 2.82 bits per heavy atom. The van der Waals surface area contributed by atoms with Gasteiger partial charge >= 0.3 is 0 Å². The second-order valence-corrected chi connectivity index (χ2v) is 6.68. The molecule has 22 heavy (non-hydrogen) atoms. The summed E-state index contributed by atoms with van der Waals surface area (Å²) in [5, 5.41) is 5.00. The Morgan fingerprint density at radius 1 is 1.36 bits per heavy atom. The monoisotopic (exact) mass is 315 g/mol. The lowest BCUT2D eigenvalue weighted by Crippen LogP contribution is -2.39. The normalized spacial score (nSPS) is 21.9. The molecule has 0 unspecified atom stereocenters. The van der Waals surface area contributed by atoms with Crippen molar-refractivity contribution in [3.8, 4) is 0 Å². The third kappa shape index (κ3) is 3.36. The largest absolute Gasteiger partial charge is 0.348 e. The van der Waals surface area contributed by atoms with Crippen LogP contribution in [0.4, 0.5) is 0 Å². The zero-order chi connectivity index (χ0) is 15.5. The van der Waals surface area contributed by atoms with Gasteiger partial charge in [-0.05, 0) is 29.9 Å². The molecule has 1 aromatic heterocycles. The maximum atomic E-state index is 12.3. The molecule has 116 valence electrons. The summed E-state index contributed by atoms with van der Waals surface area (Å²) in [5.41, 5.74) is 2.84. The topological polar surface area (TPSA) is 45.2 Å². The zero-order valence-electron chi connectivity index (χ0n) is 13.0. The van der Waals surface area contributed by atoms with Gasteiger partial charge in [0.05, 0.1) is 11.3 Å². The van der Waals surface area contributed by atoms with Crippen molar-refractivity contribution in [3.05, 3.63) is 52.5 Å². The molecule has 0 saturated carbocycles. The molecule has 0 spiro atoms. The van der Waals surface area contributed by atoms with Crippen molar-refractivity contribution in [2.24, 2.45) is 5.92 Å². The molecule has 1 N–H and O–H groups in total. The molecule has 1 aromatic carbocycles. The lowest BCUT2D eigenvalue weighted by Gasteiger charge is -2.17. The van der Waals surface area contributed by atoms with E-state index in [9.17, 15) is 4.79 Å². The van der Waals surface area contributed by atoms with E-state index < -0.39 is 0 Å². The molecule has 1 saturated heterocycles. The van der Waals surface area contributed by atoms with Crippen LogP contribution in [0.5, 0.6) is 0 Å². The highest BCUT2D eigenvalue weighted by Crippen LogP contribution is 2.20. The number of aromatic nitrogens is 1. The highest BCUT2D eigenvalue weighted by atomic mass is 32.1. The van der Waals surface area contributed by atoms with Crippen LogP contribution in [-0.2, 0) is 6.54 Å². The maximum absolute atomic E-state index is 12.3. The molecule has 3 rings (SSSR count). The van der Waals surface area contributed by atoms with Gasteiger partial charge < -0.3 is 5.32 Å². The Labute approximate surface area is 135 Å². The summed E-state index contributed by atoms with van der Waals surface area (Å²) in [5.74, 6) is 0.462. The SMILES string of the molecule is Cc1nscc1C(=O)N[C@@H]1CN(Cc2ccccc2)C[C@@H]1C. The van der Waals surface area contributed by atoms with Crippen molar-refractivity contribution in [2.75, 3.05) is 13.1 Å². The number of nitrogens with zero attached hydrogens (tertiary/aromatic N) is 2. The first-order chi connectivity index (χ1) is 10.6. The number of carbonyl (C=O) groups excluding carboxylic acids is 1. The van der Waals surface area contributed by atoms with Crippen LogP contribution in [0, 0.1) is 12.8 Å². The van der Waals surface area contributed by atoms with Gasteiger partial charge in [-0.15, -0.1) is 0 Å². The quantitative estimate of drug-likeness (QED) is 0.943. The van der Waals surface area contributed by atoms with Gasteiger partial charge in [-0.3, -0.25) is 9.69 Å². The molecule has 2 atom stereocenters. The number of rotatable bonds is 4. The first kappa shape index (κ1) is 15.2. The summed E-state index contributed by atoms with van der Waals surface area (Å²) < 4.78 is 4.17. The fraction of sp³-hybridized carbons (Fsp3) is 0.412. The predicted octanol–water partition coefficient (Wildman–Crippen LogP) is 2.70. The van der Waals surface area contributed by atoms with Gasteiger partial charge in [0.15, 0.2) is 0 Å². The van der Waals surface area contributed by atoms with Crippen molar-refractivity contribution in [1.82, 2.24) is 14.6 Å². The first-order valence-corrected chi connectivity index (χ1v) is 8.45. The van der Waals surface area contributed by atoms with Gasteiger partial charge in [0.25, 0.3) is 5.91 Å². The molecule has 2 aromatic rings. The van der Waals surface area contributed by atoms with Crippen molar-refractivity contribution in [3.63, 3.8) is 0 Å². The molecule has 5 heteroatoms. The summed E-state index contributed by atoms with van der Waals surface area (Å²) in [6.45, 7) is 6.94. The van der Waals surface area contributed by atoms with Crippen LogP contribution < -0.4 is 5.32 Å². The van der Waals surface area contributed by atoms with E-state index in [1.807, 2.05) is 18.4 Å².